The predicted molar refractivity (Wildman–Crippen MR) is 95.8 cm³/mol. The molecular weight excluding hydrogens is 302 g/mol. The summed E-state index contributed by atoms with van der Waals surface area (Å²) in [4.78, 5) is 0. The van der Waals surface area contributed by atoms with E-state index in [-0.39, 0.29) is 6.10 Å². The van der Waals surface area contributed by atoms with Gasteiger partial charge in [-0.15, -0.1) is 0 Å². The van der Waals surface area contributed by atoms with Gasteiger partial charge < -0.3 is 19.5 Å². The lowest BCUT2D eigenvalue weighted by Crippen LogP contribution is -2.16. The van der Waals surface area contributed by atoms with Crippen LogP contribution in [0, 0.1) is 0 Å². The molecule has 0 radical (unpaired) electrons. The van der Waals surface area contributed by atoms with E-state index in [1.807, 2.05) is 43.3 Å². The fraction of sp³-hybridized carbons (Fsp3) is 0.400. The molecule has 1 atom stereocenters. The Bertz CT molecular complexity index is 638. The smallest absolute Gasteiger partial charge is 0.142 e. The van der Waals surface area contributed by atoms with Gasteiger partial charge in [0.1, 0.15) is 18.1 Å². The summed E-state index contributed by atoms with van der Waals surface area (Å²) in [6.45, 7) is 4.85. The Morgan fingerprint density at radius 3 is 2.88 bits per heavy atom. The quantitative estimate of drug-likeness (QED) is 0.786. The van der Waals surface area contributed by atoms with Gasteiger partial charge in [0, 0.05) is 13.2 Å². The lowest BCUT2D eigenvalue weighted by molar-refractivity contribution is 0.0682. The molecule has 1 saturated heterocycles. The summed E-state index contributed by atoms with van der Waals surface area (Å²) in [5.74, 6) is 1.77. The molecule has 2 aromatic rings. The first-order valence-electron chi connectivity index (χ1n) is 8.64. The molecule has 0 bridgehead atoms. The average Bonchev–Trinajstić information content (AvgIpc) is 3.13. The number of nitrogens with one attached hydrogen (secondary N) is 1. The minimum atomic E-state index is 0.223. The summed E-state index contributed by atoms with van der Waals surface area (Å²) in [5.41, 5.74) is 2.17. The van der Waals surface area contributed by atoms with Crippen molar-refractivity contribution in [3.8, 4) is 11.5 Å². The van der Waals surface area contributed by atoms with Crippen LogP contribution in [0.25, 0.3) is 0 Å². The molecule has 3 rings (SSSR count). The highest BCUT2D eigenvalue weighted by atomic mass is 16.5. The fourth-order valence-electron chi connectivity index (χ4n) is 2.81. The van der Waals surface area contributed by atoms with Crippen LogP contribution in [0.4, 0.5) is 5.69 Å². The van der Waals surface area contributed by atoms with Crippen molar-refractivity contribution in [2.24, 2.45) is 0 Å². The van der Waals surface area contributed by atoms with Crippen LogP contribution in [0.3, 0.4) is 0 Å². The van der Waals surface area contributed by atoms with Gasteiger partial charge in [0.15, 0.2) is 0 Å². The maximum absolute atomic E-state index is 5.96. The van der Waals surface area contributed by atoms with Gasteiger partial charge in [0.25, 0.3) is 0 Å². The van der Waals surface area contributed by atoms with Gasteiger partial charge in [0.05, 0.1) is 18.4 Å². The Morgan fingerprint density at radius 2 is 2.04 bits per heavy atom. The third-order valence-electron chi connectivity index (χ3n) is 4.03. The number of para-hydroxylation sites is 2. The van der Waals surface area contributed by atoms with E-state index in [0.29, 0.717) is 13.2 Å². The van der Waals surface area contributed by atoms with Gasteiger partial charge in [-0.25, -0.2) is 0 Å². The van der Waals surface area contributed by atoms with Gasteiger partial charge in [0.2, 0.25) is 0 Å². The van der Waals surface area contributed by atoms with Gasteiger partial charge in [-0.05, 0) is 49.6 Å². The molecule has 1 heterocycles. The number of anilines is 1. The summed E-state index contributed by atoms with van der Waals surface area (Å²) in [6, 6.07) is 16.2. The number of hydrogen-bond donors (Lipinski definition) is 1. The van der Waals surface area contributed by atoms with E-state index < -0.39 is 0 Å². The predicted octanol–water partition coefficient (Wildman–Crippen LogP) is 4.26. The van der Waals surface area contributed by atoms with E-state index in [4.69, 9.17) is 14.2 Å². The summed E-state index contributed by atoms with van der Waals surface area (Å²) < 4.78 is 17.1. The maximum Gasteiger partial charge on any atom is 0.142 e. The monoisotopic (exact) mass is 327 g/mol. The first-order chi connectivity index (χ1) is 11.8. The molecule has 4 heteroatoms. The van der Waals surface area contributed by atoms with E-state index in [9.17, 15) is 0 Å². The Kier molecular flexibility index (Phi) is 5.96. The molecule has 0 aromatic heterocycles. The number of ether oxygens (including phenoxy) is 3. The molecule has 128 valence electrons. The van der Waals surface area contributed by atoms with Gasteiger partial charge in [-0.3, -0.25) is 0 Å². The highest BCUT2D eigenvalue weighted by molar-refractivity contribution is 5.56. The van der Waals surface area contributed by atoms with E-state index in [0.717, 1.165) is 43.2 Å². The van der Waals surface area contributed by atoms with E-state index in [2.05, 4.69) is 17.4 Å². The summed E-state index contributed by atoms with van der Waals surface area (Å²) in [5, 5.41) is 3.45. The SMILES string of the molecule is CCOc1cccc(CNc2ccccc2OCC2CCCO2)c1. The summed E-state index contributed by atoms with van der Waals surface area (Å²) in [7, 11) is 0. The van der Waals surface area contributed by atoms with Crippen LogP contribution >= 0.6 is 0 Å². The van der Waals surface area contributed by atoms with Crippen LogP contribution in [0.5, 0.6) is 11.5 Å². The molecule has 0 spiro atoms. The standard InChI is InChI=1S/C20H25NO3/c1-2-22-17-8-5-7-16(13-17)14-21-19-10-3-4-11-20(19)24-15-18-9-6-12-23-18/h3-5,7-8,10-11,13,18,21H,2,6,9,12,14-15H2,1H3. The van der Waals surface area contributed by atoms with Crippen LogP contribution in [0.15, 0.2) is 48.5 Å². The van der Waals surface area contributed by atoms with Crippen molar-refractivity contribution in [1.82, 2.24) is 0 Å². The van der Waals surface area contributed by atoms with Crippen LogP contribution in [-0.2, 0) is 11.3 Å². The summed E-state index contributed by atoms with van der Waals surface area (Å²) in [6.07, 6.45) is 2.44. The van der Waals surface area contributed by atoms with Crippen molar-refractivity contribution in [2.75, 3.05) is 25.1 Å². The van der Waals surface area contributed by atoms with Crippen molar-refractivity contribution >= 4 is 5.69 Å². The highest BCUT2D eigenvalue weighted by Gasteiger charge is 2.16. The Hall–Kier alpha value is -2.20. The zero-order valence-electron chi connectivity index (χ0n) is 14.2. The minimum absolute atomic E-state index is 0.223. The maximum atomic E-state index is 5.96. The van der Waals surface area contributed by atoms with E-state index >= 15 is 0 Å². The van der Waals surface area contributed by atoms with Gasteiger partial charge >= 0.3 is 0 Å². The Morgan fingerprint density at radius 1 is 1.12 bits per heavy atom. The van der Waals surface area contributed by atoms with Crippen LogP contribution in [0.1, 0.15) is 25.3 Å². The molecule has 2 aromatic carbocycles. The number of benzene rings is 2. The fourth-order valence-corrected chi connectivity index (χ4v) is 2.81. The highest BCUT2D eigenvalue weighted by Crippen LogP contribution is 2.26. The van der Waals surface area contributed by atoms with Crippen molar-refractivity contribution in [3.63, 3.8) is 0 Å². The number of hydrogen-bond acceptors (Lipinski definition) is 4. The van der Waals surface area contributed by atoms with Crippen LogP contribution < -0.4 is 14.8 Å². The molecule has 0 saturated carbocycles. The zero-order chi connectivity index (χ0) is 16.6. The second kappa shape index (κ2) is 8.60. The molecule has 1 N–H and O–H groups in total. The normalized spacial score (nSPS) is 16.8. The van der Waals surface area contributed by atoms with Gasteiger partial charge in [-0.1, -0.05) is 24.3 Å². The molecule has 4 nitrogen and oxygen atoms in total. The molecule has 0 aliphatic carbocycles. The molecular formula is C20H25NO3. The lowest BCUT2D eigenvalue weighted by Gasteiger charge is -2.16. The largest absolute Gasteiger partial charge is 0.494 e. The summed E-state index contributed by atoms with van der Waals surface area (Å²) >= 11 is 0. The van der Waals surface area contributed by atoms with Crippen LogP contribution in [0.2, 0.25) is 0 Å². The van der Waals surface area contributed by atoms with Crippen molar-refractivity contribution < 1.29 is 14.2 Å². The molecule has 1 aliphatic rings. The Balaban J connectivity index is 1.59. The second-order valence-corrected chi connectivity index (χ2v) is 5.88. The Labute approximate surface area is 143 Å². The van der Waals surface area contributed by atoms with E-state index in [1.165, 1.54) is 5.56 Å². The lowest BCUT2D eigenvalue weighted by atomic mass is 10.2. The van der Waals surface area contributed by atoms with E-state index in [1.54, 1.807) is 0 Å². The number of rotatable bonds is 8. The van der Waals surface area contributed by atoms with Crippen molar-refractivity contribution in [1.29, 1.82) is 0 Å². The average molecular weight is 327 g/mol. The van der Waals surface area contributed by atoms with Crippen LogP contribution in [-0.4, -0.2) is 25.9 Å². The van der Waals surface area contributed by atoms with Crippen molar-refractivity contribution in [3.05, 3.63) is 54.1 Å². The third kappa shape index (κ3) is 4.65. The topological polar surface area (TPSA) is 39.7 Å². The first-order valence-corrected chi connectivity index (χ1v) is 8.64. The second-order valence-electron chi connectivity index (χ2n) is 5.88. The molecule has 24 heavy (non-hydrogen) atoms. The molecule has 1 unspecified atom stereocenters. The zero-order valence-corrected chi connectivity index (χ0v) is 14.2. The molecule has 1 aliphatic heterocycles. The molecule has 0 amide bonds. The van der Waals surface area contributed by atoms with Crippen molar-refractivity contribution in [2.45, 2.75) is 32.4 Å². The van der Waals surface area contributed by atoms with Gasteiger partial charge in [-0.2, -0.15) is 0 Å². The minimum Gasteiger partial charge on any atom is -0.494 e. The third-order valence-corrected chi connectivity index (χ3v) is 4.03. The molecule has 1 fully saturated rings. The first kappa shape index (κ1) is 16.7.